The number of carbonyl (C=O) groups is 1. The van der Waals surface area contributed by atoms with Gasteiger partial charge in [0, 0.05) is 17.7 Å². The first kappa shape index (κ1) is 15.3. The fourth-order valence-electron chi connectivity index (χ4n) is 3.32. The highest BCUT2D eigenvalue weighted by Crippen LogP contribution is 2.29. The number of piperidine rings is 1. The fraction of sp³-hybridized carbons (Fsp3) is 0.647. The number of rotatable bonds is 3. The summed E-state index contributed by atoms with van der Waals surface area (Å²) >= 11 is 0. The minimum atomic E-state index is -0.285. The minimum Gasteiger partial charge on any atom is -0.444 e. The molecule has 2 fully saturated rings. The second-order valence-electron chi connectivity index (χ2n) is 6.63. The number of carbonyl (C=O) groups excluding carboxylic acids is 1. The molecule has 0 aromatic carbocycles. The molecule has 0 N–H and O–H groups in total. The quantitative estimate of drug-likeness (QED) is 0.861. The number of aromatic nitrogens is 1. The van der Waals surface area contributed by atoms with Crippen molar-refractivity contribution in [1.29, 1.82) is 0 Å². The predicted molar refractivity (Wildman–Crippen MR) is 86.2 cm³/mol. The van der Waals surface area contributed by atoms with Crippen LogP contribution in [0.15, 0.2) is 18.2 Å². The van der Waals surface area contributed by atoms with E-state index in [0.717, 1.165) is 37.4 Å². The van der Waals surface area contributed by atoms with Crippen LogP contribution < -0.4 is 4.90 Å². The van der Waals surface area contributed by atoms with Gasteiger partial charge in [-0.1, -0.05) is 6.07 Å². The number of amides is 1. The summed E-state index contributed by atoms with van der Waals surface area (Å²) in [5.41, 5.74) is 1.10. The van der Waals surface area contributed by atoms with Gasteiger partial charge in [0.05, 0.1) is 6.54 Å². The third kappa shape index (κ3) is 3.09. The Balaban J connectivity index is 1.71. The van der Waals surface area contributed by atoms with E-state index < -0.39 is 0 Å². The van der Waals surface area contributed by atoms with Gasteiger partial charge >= 0.3 is 6.09 Å². The monoisotopic (exact) mass is 303 g/mol. The average Bonchev–Trinajstić information content (AvgIpc) is 2.86. The second-order valence-corrected chi connectivity index (χ2v) is 6.63. The summed E-state index contributed by atoms with van der Waals surface area (Å²) in [6.45, 7) is 9.23. The van der Waals surface area contributed by atoms with Crippen molar-refractivity contribution in [2.75, 3.05) is 24.5 Å². The van der Waals surface area contributed by atoms with E-state index in [4.69, 9.17) is 9.72 Å². The fourth-order valence-corrected chi connectivity index (χ4v) is 3.32. The summed E-state index contributed by atoms with van der Waals surface area (Å²) in [5, 5.41) is 0. The highest BCUT2D eigenvalue weighted by Gasteiger charge is 2.31. The van der Waals surface area contributed by atoms with Gasteiger partial charge in [0.25, 0.3) is 0 Å². The molecule has 2 aliphatic rings. The van der Waals surface area contributed by atoms with E-state index in [1.54, 1.807) is 4.90 Å². The Morgan fingerprint density at radius 1 is 1.27 bits per heavy atom. The van der Waals surface area contributed by atoms with Gasteiger partial charge in [-0.3, -0.25) is 4.90 Å². The molecule has 1 aromatic rings. The molecule has 0 aliphatic carbocycles. The number of ether oxygens (including phenoxy) is 1. The molecule has 0 saturated carbocycles. The van der Waals surface area contributed by atoms with Crippen molar-refractivity contribution in [1.82, 2.24) is 9.88 Å². The van der Waals surface area contributed by atoms with E-state index in [-0.39, 0.29) is 12.2 Å². The van der Waals surface area contributed by atoms with Gasteiger partial charge < -0.3 is 9.64 Å². The van der Waals surface area contributed by atoms with Gasteiger partial charge in [-0.15, -0.1) is 0 Å². The average molecular weight is 303 g/mol. The smallest absolute Gasteiger partial charge is 0.415 e. The van der Waals surface area contributed by atoms with E-state index in [9.17, 15) is 4.79 Å². The first-order valence-electron chi connectivity index (χ1n) is 8.23. The number of anilines is 1. The highest BCUT2D eigenvalue weighted by atomic mass is 16.6. The standard InChI is InChI=1S/C17H25N3O2/c1-12(2)19-9-7-14(8-10-19)15-5-4-6-16(18-15)20-11-13(3)22-17(20)21/h4-6,12-14H,7-11H2,1-3H3/t13-/m0/s1. The first-order valence-corrected chi connectivity index (χ1v) is 8.23. The van der Waals surface area contributed by atoms with E-state index in [2.05, 4.69) is 24.8 Å². The molecule has 1 amide bonds. The molecule has 22 heavy (non-hydrogen) atoms. The molecule has 1 atom stereocenters. The maximum absolute atomic E-state index is 11.8. The van der Waals surface area contributed by atoms with E-state index in [0.29, 0.717) is 18.5 Å². The molecule has 0 spiro atoms. The van der Waals surface area contributed by atoms with Gasteiger partial charge in [-0.25, -0.2) is 9.78 Å². The third-order valence-electron chi connectivity index (χ3n) is 4.67. The lowest BCUT2D eigenvalue weighted by atomic mass is 9.92. The molecule has 1 aromatic heterocycles. The number of cyclic esters (lactones) is 1. The highest BCUT2D eigenvalue weighted by molar-refractivity contribution is 5.88. The van der Waals surface area contributed by atoms with E-state index >= 15 is 0 Å². The molecule has 5 nitrogen and oxygen atoms in total. The maximum Gasteiger partial charge on any atom is 0.415 e. The molecule has 0 bridgehead atoms. The summed E-state index contributed by atoms with van der Waals surface area (Å²) in [6.07, 6.45) is 1.92. The lowest BCUT2D eigenvalue weighted by molar-refractivity contribution is 0.149. The number of pyridine rings is 1. The Hall–Kier alpha value is -1.62. The molecule has 0 radical (unpaired) electrons. The number of likely N-dealkylation sites (tertiary alicyclic amines) is 1. The van der Waals surface area contributed by atoms with Crippen molar-refractivity contribution in [3.63, 3.8) is 0 Å². The topological polar surface area (TPSA) is 45.7 Å². The van der Waals surface area contributed by atoms with Crippen LogP contribution in [0.1, 0.15) is 45.2 Å². The SMILES string of the molecule is CC(C)N1CCC(c2cccc(N3C[C@H](C)OC3=O)n2)CC1. The molecule has 3 heterocycles. The number of hydrogen-bond acceptors (Lipinski definition) is 4. The molecule has 5 heteroatoms. The maximum atomic E-state index is 11.8. The van der Waals surface area contributed by atoms with Crippen LogP contribution in [0.5, 0.6) is 0 Å². The Labute approximate surface area is 132 Å². The van der Waals surface area contributed by atoms with Crippen molar-refractivity contribution >= 4 is 11.9 Å². The van der Waals surface area contributed by atoms with Crippen LogP contribution in [0, 0.1) is 0 Å². The van der Waals surface area contributed by atoms with Gasteiger partial charge in [-0.05, 0) is 58.8 Å². The lowest BCUT2D eigenvalue weighted by Crippen LogP contribution is -2.38. The Morgan fingerprint density at radius 3 is 2.59 bits per heavy atom. The zero-order chi connectivity index (χ0) is 15.7. The minimum absolute atomic E-state index is 0.0627. The number of nitrogens with zero attached hydrogens (tertiary/aromatic N) is 3. The van der Waals surface area contributed by atoms with Gasteiger partial charge in [0.15, 0.2) is 0 Å². The van der Waals surface area contributed by atoms with Crippen LogP contribution >= 0.6 is 0 Å². The molecule has 3 rings (SSSR count). The molecule has 2 saturated heterocycles. The van der Waals surface area contributed by atoms with Crippen LogP contribution in [0.2, 0.25) is 0 Å². The van der Waals surface area contributed by atoms with E-state index in [1.807, 2.05) is 19.1 Å². The molecular weight excluding hydrogens is 278 g/mol. The van der Waals surface area contributed by atoms with Crippen LogP contribution in [-0.4, -0.2) is 47.8 Å². The number of hydrogen-bond donors (Lipinski definition) is 0. The second kappa shape index (κ2) is 6.24. The van der Waals surface area contributed by atoms with Crippen molar-refractivity contribution in [3.05, 3.63) is 23.9 Å². The summed E-state index contributed by atoms with van der Waals surface area (Å²) in [4.78, 5) is 20.7. The van der Waals surface area contributed by atoms with Gasteiger partial charge in [0.2, 0.25) is 0 Å². The van der Waals surface area contributed by atoms with Gasteiger partial charge in [0.1, 0.15) is 11.9 Å². The molecule has 0 unspecified atom stereocenters. The van der Waals surface area contributed by atoms with Crippen LogP contribution in [0.3, 0.4) is 0 Å². The third-order valence-corrected chi connectivity index (χ3v) is 4.67. The van der Waals surface area contributed by atoms with Gasteiger partial charge in [-0.2, -0.15) is 0 Å². The largest absolute Gasteiger partial charge is 0.444 e. The van der Waals surface area contributed by atoms with E-state index in [1.165, 1.54) is 0 Å². The molecular formula is C17H25N3O2. The Kier molecular flexibility index (Phi) is 4.34. The summed E-state index contributed by atoms with van der Waals surface area (Å²) in [6, 6.07) is 6.60. The Morgan fingerprint density at radius 2 is 2.00 bits per heavy atom. The normalized spacial score (nSPS) is 24.1. The van der Waals surface area contributed by atoms with Crippen molar-refractivity contribution < 1.29 is 9.53 Å². The van der Waals surface area contributed by atoms with Crippen LogP contribution in [0.4, 0.5) is 10.6 Å². The first-order chi connectivity index (χ1) is 10.5. The zero-order valence-electron chi connectivity index (χ0n) is 13.7. The summed E-state index contributed by atoms with van der Waals surface area (Å²) in [5.74, 6) is 1.21. The zero-order valence-corrected chi connectivity index (χ0v) is 13.7. The molecule has 120 valence electrons. The van der Waals surface area contributed by atoms with Crippen molar-refractivity contribution in [2.45, 2.75) is 51.7 Å². The summed E-state index contributed by atoms with van der Waals surface area (Å²) < 4.78 is 5.19. The predicted octanol–water partition coefficient (Wildman–Crippen LogP) is 3.01. The van der Waals surface area contributed by atoms with Crippen LogP contribution in [0.25, 0.3) is 0 Å². The molecule has 2 aliphatic heterocycles. The van der Waals surface area contributed by atoms with Crippen molar-refractivity contribution in [3.8, 4) is 0 Å². The van der Waals surface area contributed by atoms with Crippen molar-refractivity contribution in [2.24, 2.45) is 0 Å². The lowest BCUT2D eigenvalue weighted by Gasteiger charge is -2.34. The van der Waals surface area contributed by atoms with Crippen LogP contribution in [-0.2, 0) is 4.74 Å². The Bertz CT molecular complexity index is 538. The summed E-state index contributed by atoms with van der Waals surface area (Å²) in [7, 11) is 0.